The summed E-state index contributed by atoms with van der Waals surface area (Å²) in [5.41, 5.74) is 4.62. The molecular formula is C18H14ClN2O3S-. The number of hydrogen-bond acceptors (Lipinski definition) is 4. The molecule has 0 radical (unpaired) electrons. The molecule has 7 heteroatoms. The first kappa shape index (κ1) is 17.3. The summed E-state index contributed by atoms with van der Waals surface area (Å²) in [6.07, 6.45) is 0.117. The molecule has 3 aromatic rings. The normalized spacial score (nSPS) is 10.6. The van der Waals surface area contributed by atoms with Crippen LogP contribution in [0.2, 0.25) is 5.02 Å². The van der Waals surface area contributed by atoms with Gasteiger partial charge in [-0.2, -0.15) is 0 Å². The van der Waals surface area contributed by atoms with E-state index in [1.54, 1.807) is 35.0 Å². The van der Waals surface area contributed by atoms with Gasteiger partial charge in [0, 0.05) is 11.7 Å². The quantitative estimate of drug-likeness (QED) is 0.721. The Morgan fingerprint density at radius 2 is 1.92 bits per heavy atom. The van der Waals surface area contributed by atoms with Crippen molar-refractivity contribution < 1.29 is 14.7 Å². The van der Waals surface area contributed by atoms with Gasteiger partial charge in [-0.25, -0.2) is 0 Å². The summed E-state index contributed by atoms with van der Waals surface area (Å²) in [5, 5.41) is 13.1. The van der Waals surface area contributed by atoms with E-state index in [-0.39, 0.29) is 18.7 Å². The first-order valence-corrected chi connectivity index (χ1v) is 8.82. The molecule has 5 nitrogen and oxygen atoms in total. The number of carbonyl (C=O) groups is 2. The van der Waals surface area contributed by atoms with Gasteiger partial charge >= 0.3 is 0 Å². The fourth-order valence-electron chi connectivity index (χ4n) is 2.46. The highest BCUT2D eigenvalue weighted by atomic mass is 35.5. The zero-order valence-electron chi connectivity index (χ0n) is 13.1. The van der Waals surface area contributed by atoms with Crippen LogP contribution in [0.5, 0.6) is 0 Å². The van der Waals surface area contributed by atoms with Crippen LogP contribution < -0.4 is 10.5 Å². The number of aromatic nitrogens is 1. The maximum absolute atomic E-state index is 12.6. The van der Waals surface area contributed by atoms with E-state index in [1.807, 2.05) is 23.6 Å². The molecule has 0 saturated heterocycles. The average Bonchev–Trinajstić information content (AvgIpc) is 3.23. The van der Waals surface area contributed by atoms with E-state index in [2.05, 4.69) is 5.43 Å². The van der Waals surface area contributed by atoms with Gasteiger partial charge in [0.1, 0.15) is 0 Å². The van der Waals surface area contributed by atoms with Crippen molar-refractivity contribution in [2.24, 2.45) is 0 Å². The van der Waals surface area contributed by atoms with Crippen LogP contribution >= 0.6 is 22.9 Å². The fraction of sp³-hybridized carbons (Fsp3) is 0.111. The summed E-state index contributed by atoms with van der Waals surface area (Å²) in [4.78, 5) is 24.3. The lowest BCUT2D eigenvalue weighted by molar-refractivity contribution is -0.305. The number of carboxylic acids is 1. The molecule has 2 heterocycles. The molecule has 0 unspecified atom stereocenters. The van der Waals surface area contributed by atoms with E-state index < -0.39 is 5.97 Å². The molecule has 0 aliphatic rings. The largest absolute Gasteiger partial charge is 0.550 e. The highest BCUT2D eigenvalue weighted by Gasteiger charge is 2.16. The standard InChI is InChI=1S/C18H15ClN2O3S/c19-14-5-2-1-4-13(14)18(24)20-21-12(8-10-17(22)23)7-9-15(21)16-6-3-11-25-16/h1-7,9,11H,8,10H2,(H,20,24)(H,22,23)/p-1. The number of benzene rings is 1. The molecule has 0 aliphatic heterocycles. The van der Waals surface area contributed by atoms with Gasteiger partial charge in [0.25, 0.3) is 5.91 Å². The van der Waals surface area contributed by atoms with Crippen molar-refractivity contribution in [2.45, 2.75) is 12.8 Å². The number of halogens is 1. The SMILES string of the molecule is O=C([O-])CCc1ccc(-c2cccs2)n1NC(=O)c1ccccc1Cl. The lowest BCUT2D eigenvalue weighted by atomic mass is 10.2. The second kappa shape index (κ2) is 7.55. The molecule has 1 amide bonds. The lowest BCUT2D eigenvalue weighted by Crippen LogP contribution is -2.27. The molecule has 0 spiro atoms. The first-order chi connectivity index (χ1) is 12.1. The Morgan fingerprint density at radius 1 is 1.12 bits per heavy atom. The fourth-order valence-corrected chi connectivity index (χ4v) is 3.42. The number of nitrogens with zero attached hydrogens (tertiary/aromatic N) is 1. The van der Waals surface area contributed by atoms with Crippen molar-refractivity contribution >= 4 is 34.8 Å². The summed E-state index contributed by atoms with van der Waals surface area (Å²) < 4.78 is 1.61. The zero-order valence-corrected chi connectivity index (χ0v) is 14.6. The minimum absolute atomic E-state index is 0.129. The average molecular weight is 374 g/mol. The zero-order chi connectivity index (χ0) is 17.8. The van der Waals surface area contributed by atoms with Crippen LogP contribution in [0.4, 0.5) is 0 Å². The summed E-state index contributed by atoms with van der Waals surface area (Å²) in [6, 6.07) is 14.2. The Kier molecular flexibility index (Phi) is 5.21. The Hall–Kier alpha value is -2.57. The molecule has 0 aliphatic carbocycles. The van der Waals surface area contributed by atoms with E-state index in [0.29, 0.717) is 16.3 Å². The molecule has 0 saturated carbocycles. The van der Waals surface area contributed by atoms with Gasteiger partial charge in [0.05, 0.1) is 21.2 Å². The van der Waals surface area contributed by atoms with E-state index in [4.69, 9.17) is 11.6 Å². The predicted octanol–water partition coefficient (Wildman–Crippen LogP) is 2.94. The number of thiophene rings is 1. The number of carboxylic acid groups (broad SMARTS) is 1. The molecule has 0 atom stereocenters. The van der Waals surface area contributed by atoms with Gasteiger partial charge in [0.15, 0.2) is 0 Å². The third-order valence-electron chi connectivity index (χ3n) is 3.65. The number of nitrogens with one attached hydrogen (secondary N) is 1. The smallest absolute Gasteiger partial charge is 0.271 e. The molecule has 0 bridgehead atoms. The number of aliphatic carboxylic acids is 1. The lowest BCUT2D eigenvalue weighted by Gasteiger charge is -2.15. The van der Waals surface area contributed by atoms with Gasteiger partial charge in [-0.3, -0.25) is 14.9 Å². The Bertz CT molecular complexity index is 903. The second-order valence-corrected chi connectivity index (χ2v) is 6.67. The van der Waals surface area contributed by atoms with Crippen molar-refractivity contribution in [1.82, 2.24) is 4.68 Å². The first-order valence-electron chi connectivity index (χ1n) is 7.56. The topological polar surface area (TPSA) is 74.2 Å². The molecule has 0 fully saturated rings. The molecule has 1 aromatic carbocycles. The molecule has 3 rings (SSSR count). The van der Waals surface area contributed by atoms with Crippen LogP contribution in [-0.2, 0) is 11.2 Å². The van der Waals surface area contributed by atoms with E-state index in [0.717, 1.165) is 10.6 Å². The minimum Gasteiger partial charge on any atom is -0.550 e. The van der Waals surface area contributed by atoms with Crippen molar-refractivity contribution in [1.29, 1.82) is 0 Å². The molecule has 128 valence electrons. The van der Waals surface area contributed by atoms with Crippen LogP contribution in [0.25, 0.3) is 10.6 Å². The van der Waals surface area contributed by atoms with Crippen LogP contribution in [0.15, 0.2) is 53.9 Å². The van der Waals surface area contributed by atoms with E-state index >= 15 is 0 Å². The van der Waals surface area contributed by atoms with Gasteiger partial charge in [0.2, 0.25) is 0 Å². The summed E-state index contributed by atoms with van der Waals surface area (Å²) in [7, 11) is 0. The van der Waals surface area contributed by atoms with E-state index in [1.165, 1.54) is 11.3 Å². The highest BCUT2D eigenvalue weighted by molar-refractivity contribution is 7.13. The maximum atomic E-state index is 12.6. The molecular weight excluding hydrogens is 360 g/mol. The van der Waals surface area contributed by atoms with Crippen LogP contribution in [0.3, 0.4) is 0 Å². The van der Waals surface area contributed by atoms with Gasteiger partial charge < -0.3 is 9.90 Å². The summed E-state index contributed by atoms with van der Waals surface area (Å²) in [6.45, 7) is 0. The maximum Gasteiger partial charge on any atom is 0.271 e. The monoisotopic (exact) mass is 373 g/mol. The highest BCUT2D eigenvalue weighted by Crippen LogP contribution is 2.27. The van der Waals surface area contributed by atoms with Crippen molar-refractivity contribution in [3.05, 3.63) is 70.2 Å². The Balaban J connectivity index is 1.94. The van der Waals surface area contributed by atoms with Gasteiger partial charge in [-0.15, -0.1) is 11.3 Å². The minimum atomic E-state index is -1.14. The van der Waals surface area contributed by atoms with Crippen molar-refractivity contribution in [3.63, 3.8) is 0 Å². The molecule has 1 N–H and O–H groups in total. The number of hydrogen-bond donors (Lipinski definition) is 1. The molecule has 2 aromatic heterocycles. The number of aryl methyl sites for hydroxylation is 1. The number of rotatable bonds is 6. The van der Waals surface area contributed by atoms with Crippen LogP contribution in [-0.4, -0.2) is 16.6 Å². The Labute approximate surface area is 153 Å². The van der Waals surface area contributed by atoms with Crippen LogP contribution in [0.1, 0.15) is 22.5 Å². The van der Waals surface area contributed by atoms with E-state index in [9.17, 15) is 14.7 Å². The van der Waals surface area contributed by atoms with Crippen molar-refractivity contribution in [2.75, 3.05) is 5.43 Å². The molecule has 25 heavy (non-hydrogen) atoms. The Morgan fingerprint density at radius 3 is 2.60 bits per heavy atom. The third-order valence-corrected chi connectivity index (χ3v) is 4.87. The number of amides is 1. The van der Waals surface area contributed by atoms with Gasteiger partial charge in [-0.1, -0.05) is 29.8 Å². The summed E-state index contributed by atoms with van der Waals surface area (Å²) >= 11 is 7.61. The van der Waals surface area contributed by atoms with Crippen molar-refractivity contribution in [3.8, 4) is 10.6 Å². The second-order valence-electron chi connectivity index (χ2n) is 5.32. The predicted molar refractivity (Wildman–Crippen MR) is 96.2 cm³/mol. The van der Waals surface area contributed by atoms with Crippen LogP contribution in [0, 0.1) is 0 Å². The number of carbonyl (C=O) groups excluding carboxylic acids is 2. The van der Waals surface area contributed by atoms with Gasteiger partial charge in [-0.05, 0) is 48.6 Å². The third kappa shape index (κ3) is 3.92. The summed E-state index contributed by atoms with van der Waals surface area (Å²) in [5.74, 6) is -1.50.